The molecule has 162 valence electrons. The van der Waals surface area contributed by atoms with Crippen LogP contribution >= 0.6 is 15.9 Å². The number of carbonyl (C=O) groups is 3. The first kappa shape index (κ1) is 24.9. The van der Waals surface area contributed by atoms with Gasteiger partial charge in [-0.1, -0.05) is 29.8 Å². The fourth-order valence-corrected chi connectivity index (χ4v) is 2.71. The van der Waals surface area contributed by atoms with Crippen LogP contribution in [0.1, 0.15) is 48.0 Å². The second kappa shape index (κ2) is 10.6. The average molecular weight is 474 g/mol. The van der Waals surface area contributed by atoms with Crippen molar-refractivity contribution in [3.63, 3.8) is 0 Å². The van der Waals surface area contributed by atoms with Gasteiger partial charge >= 0.3 is 12.0 Å². The highest BCUT2D eigenvalue weighted by Gasteiger charge is 2.28. The smallest absolute Gasteiger partial charge is 0.328 e. The number of rotatable bonds is 7. The lowest BCUT2D eigenvalue weighted by Gasteiger charge is -2.25. The molecule has 0 saturated heterocycles. The summed E-state index contributed by atoms with van der Waals surface area (Å²) in [5.74, 6) is -1.62. The lowest BCUT2D eigenvalue weighted by molar-refractivity contribution is -0.158. The van der Waals surface area contributed by atoms with Crippen molar-refractivity contribution in [2.45, 2.75) is 65.6 Å². The van der Waals surface area contributed by atoms with E-state index < -0.39 is 41.4 Å². The first-order valence-corrected chi connectivity index (χ1v) is 10.1. The Morgan fingerprint density at radius 1 is 1.14 bits per heavy atom. The van der Waals surface area contributed by atoms with Crippen molar-refractivity contribution in [2.24, 2.45) is 5.92 Å². The molecule has 0 fully saturated rings. The van der Waals surface area contributed by atoms with Gasteiger partial charge in [-0.3, -0.25) is 4.79 Å². The molecule has 0 unspecified atom stereocenters. The van der Waals surface area contributed by atoms with Gasteiger partial charge < -0.3 is 20.7 Å². The van der Waals surface area contributed by atoms with Crippen molar-refractivity contribution in [3.05, 3.63) is 28.5 Å². The Morgan fingerprint density at radius 2 is 1.76 bits per heavy atom. The second-order valence-electron chi connectivity index (χ2n) is 8.17. The van der Waals surface area contributed by atoms with Crippen molar-refractivity contribution in [2.75, 3.05) is 5.32 Å². The van der Waals surface area contributed by atoms with Gasteiger partial charge in [0.25, 0.3) is 0 Å². The molecule has 29 heavy (non-hydrogen) atoms. The molecule has 0 aliphatic carbocycles. The largest absolute Gasteiger partial charge is 0.458 e. The van der Waals surface area contributed by atoms with Gasteiger partial charge in [0, 0.05) is 4.47 Å². The van der Waals surface area contributed by atoms with E-state index in [2.05, 4.69) is 31.9 Å². The molecule has 1 aromatic rings. The second-order valence-corrected chi connectivity index (χ2v) is 9.08. The predicted molar refractivity (Wildman–Crippen MR) is 113 cm³/mol. The Bertz CT molecular complexity index is 750. The maximum Gasteiger partial charge on any atom is 0.328 e. The number of hydrogen-bond acceptors (Lipinski definition) is 4. The Morgan fingerprint density at radius 3 is 2.28 bits per heavy atom. The van der Waals surface area contributed by atoms with E-state index in [1.807, 2.05) is 13.8 Å². The number of urea groups is 1. The molecule has 2 atom stereocenters. The van der Waals surface area contributed by atoms with E-state index >= 15 is 0 Å². The van der Waals surface area contributed by atoms with Crippen LogP contribution in [0.5, 0.6) is 0 Å². The van der Waals surface area contributed by atoms with Crippen LogP contribution in [-0.4, -0.2) is 35.6 Å². The molecule has 0 aliphatic heterocycles. The van der Waals surface area contributed by atoms with Crippen LogP contribution in [0.2, 0.25) is 0 Å². The Balaban J connectivity index is 2.78. The first-order chi connectivity index (χ1) is 13.3. The molecule has 3 amide bonds. The summed E-state index contributed by atoms with van der Waals surface area (Å²) in [6.07, 6.45) is 0.336. The van der Waals surface area contributed by atoms with Gasteiger partial charge in [-0.15, -0.1) is 0 Å². The number of nitrogens with one attached hydrogen (secondary N) is 3. The third-order valence-electron chi connectivity index (χ3n) is 3.63. The molecule has 7 nitrogen and oxygen atoms in total. The van der Waals surface area contributed by atoms with Gasteiger partial charge in [0.2, 0.25) is 5.91 Å². The van der Waals surface area contributed by atoms with Crippen LogP contribution in [0.4, 0.5) is 14.9 Å². The van der Waals surface area contributed by atoms with Crippen LogP contribution in [-0.2, 0) is 14.3 Å². The Hall–Kier alpha value is -2.16. The van der Waals surface area contributed by atoms with E-state index in [-0.39, 0.29) is 11.6 Å². The van der Waals surface area contributed by atoms with Gasteiger partial charge in [0.15, 0.2) is 0 Å². The Kier molecular flexibility index (Phi) is 9.07. The van der Waals surface area contributed by atoms with Gasteiger partial charge in [-0.25, -0.2) is 14.0 Å². The molecule has 0 aliphatic rings. The van der Waals surface area contributed by atoms with Crippen LogP contribution in [0.3, 0.4) is 0 Å². The Labute approximate surface area is 179 Å². The topological polar surface area (TPSA) is 96.5 Å². The van der Waals surface area contributed by atoms with Gasteiger partial charge in [-0.2, -0.15) is 0 Å². The molecule has 3 N–H and O–H groups in total. The maximum atomic E-state index is 13.9. The summed E-state index contributed by atoms with van der Waals surface area (Å²) in [5, 5.41) is 7.48. The number of amides is 3. The van der Waals surface area contributed by atoms with Crippen LogP contribution in [0, 0.1) is 11.7 Å². The normalized spacial score (nSPS) is 13.4. The summed E-state index contributed by atoms with van der Waals surface area (Å²) in [5.41, 5.74) is -0.697. The molecule has 1 aromatic carbocycles. The van der Waals surface area contributed by atoms with E-state index in [0.717, 1.165) is 0 Å². The number of benzene rings is 1. The molecule has 0 aromatic heterocycles. The monoisotopic (exact) mass is 473 g/mol. The molecule has 0 saturated carbocycles. The van der Waals surface area contributed by atoms with Gasteiger partial charge in [0.05, 0.1) is 5.69 Å². The third kappa shape index (κ3) is 9.25. The maximum absolute atomic E-state index is 13.9. The SMILES string of the molecule is CC(C)C[C@H](NC(=O)Nc1ccc(Br)cc1F)C(=O)N[C@@H](C)C(=O)OC(C)(C)C. The number of esters is 1. The summed E-state index contributed by atoms with van der Waals surface area (Å²) in [6, 6.07) is 1.69. The molecule has 0 spiro atoms. The summed E-state index contributed by atoms with van der Waals surface area (Å²) in [7, 11) is 0. The van der Waals surface area contributed by atoms with Crippen molar-refractivity contribution >= 4 is 39.5 Å². The molecule has 0 heterocycles. The highest BCUT2D eigenvalue weighted by molar-refractivity contribution is 9.10. The fraction of sp³-hybridized carbons (Fsp3) is 0.550. The minimum absolute atomic E-state index is 0.0171. The van der Waals surface area contributed by atoms with E-state index in [0.29, 0.717) is 10.9 Å². The van der Waals surface area contributed by atoms with Crippen molar-refractivity contribution in [1.82, 2.24) is 10.6 Å². The lowest BCUT2D eigenvalue weighted by atomic mass is 10.0. The van der Waals surface area contributed by atoms with Gasteiger partial charge in [0.1, 0.15) is 23.5 Å². The van der Waals surface area contributed by atoms with Crippen LogP contribution in [0.15, 0.2) is 22.7 Å². The molecule has 0 radical (unpaired) electrons. The van der Waals surface area contributed by atoms with E-state index in [9.17, 15) is 18.8 Å². The quantitative estimate of drug-likeness (QED) is 0.521. The zero-order valence-corrected chi connectivity index (χ0v) is 19.1. The minimum Gasteiger partial charge on any atom is -0.458 e. The molecular weight excluding hydrogens is 445 g/mol. The summed E-state index contributed by atoms with van der Waals surface area (Å²) in [4.78, 5) is 37.0. The summed E-state index contributed by atoms with van der Waals surface area (Å²) < 4.78 is 19.7. The summed E-state index contributed by atoms with van der Waals surface area (Å²) in [6.45, 7) is 10.5. The minimum atomic E-state index is -0.904. The lowest BCUT2D eigenvalue weighted by Crippen LogP contribution is -2.52. The molecular formula is C20H29BrFN3O4. The fourth-order valence-electron chi connectivity index (χ4n) is 2.37. The highest BCUT2D eigenvalue weighted by Crippen LogP contribution is 2.19. The van der Waals surface area contributed by atoms with E-state index in [1.165, 1.54) is 19.1 Å². The zero-order chi connectivity index (χ0) is 22.4. The average Bonchev–Trinajstić information content (AvgIpc) is 2.54. The number of carbonyl (C=O) groups excluding carboxylic acids is 3. The third-order valence-corrected chi connectivity index (χ3v) is 4.12. The number of hydrogen-bond donors (Lipinski definition) is 3. The summed E-state index contributed by atoms with van der Waals surface area (Å²) >= 11 is 3.14. The van der Waals surface area contributed by atoms with Crippen molar-refractivity contribution < 1.29 is 23.5 Å². The molecule has 0 bridgehead atoms. The standard InChI is InChI=1S/C20H29BrFN3O4/c1-11(2)9-16(17(26)23-12(3)18(27)29-20(4,5)6)25-19(28)24-15-8-7-13(21)10-14(15)22/h7-8,10-12,16H,9H2,1-6H3,(H,23,26)(H2,24,25,28)/t12-,16-/m0/s1. The number of ether oxygens (including phenoxy) is 1. The van der Waals surface area contributed by atoms with Gasteiger partial charge in [-0.05, 0) is 58.2 Å². The highest BCUT2D eigenvalue weighted by atomic mass is 79.9. The number of anilines is 1. The molecule has 1 rings (SSSR count). The van der Waals surface area contributed by atoms with Crippen LogP contribution < -0.4 is 16.0 Å². The zero-order valence-electron chi connectivity index (χ0n) is 17.6. The van der Waals surface area contributed by atoms with Crippen molar-refractivity contribution in [3.8, 4) is 0 Å². The molecule has 9 heteroatoms. The first-order valence-electron chi connectivity index (χ1n) is 9.34. The van der Waals surface area contributed by atoms with E-state index in [1.54, 1.807) is 26.8 Å². The van der Waals surface area contributed by atoms with E-state index in [4.69, 9.17) is 4.74 Å². The predicted octanol–water partition coefficient (Wildman–Crippen LogP) is 3.97. The van der Waals surface area contributed by atoms with Crippen LogP contribution in [0.25, 0.3) is 0 Å². The van der Waals surface area contributed by atoms with Crippen molar-refractivity contribution in [1.29, 1.82) is 0 Å². The number of halogens is 2.